The molecule has 2 N–H and O–H groups in total. The van der Waals surface area contributed by atoms with E-state index in [-0.39, 0.29) is 35.9 Å². The van der Waals surface area contributed by atoms with Crippen molar-refractivity contribution in [3.8, 4) is 28.7 Å². The summed E-state index contributed by atoms with van der Waals surface area (Å²) >= 11 is 0. The van der Waals surface area contributed by atoms with E-state index < -0.39 is 24.4 Å². The SMILES string of the molecule is COC(=O)CN(Cc1cc(OC)cc(OC)c1)C(=O)c1cc(OC)c(OCC(N)=O)c(OC)c1. The van der Waals surface area contributed by atoms with E-state index in [0.29, 0.717) is 17.1 Å². The average Bonchev–Trinajstić information content (AvgIpc) is 2.85. The van der Waals surface area contributed by atoms with E-state index >= 15 is 0 Å². The van der Waals surface area contributed by atoms with Gasteiger partial charge in [0.25, 0.3) is 11.8 Å². The fourth-order valence-electron chi connectivity index (χ4n) is 3.07. The van der Waals surface area contributed by atoms with E-state index in [0.717, 1.165) is 0 Å². The summed E-state index contributed by atoms with van der Waals surface area (Å²) in [6, 6.07) is 7.97. The normalized spacial score (nSPS) is 10.1. The Morgan fingerprint density at radius 2 is 1.38 bits per heavy atom. The lowest BCUT2D eigenvalue weighted by atomic mass is 10.1. The van der Waals surface area contributed by atoms with E-state index in [9.17, 15) is 14.4 Å². The Morgan fingerprint density at radius 1 is 0.824 bits per heavy atom. The third kappa shape index (κ3) is 6.67. The molecule has 0 aliphatic heterocycles. The van der Waals surface area contributed by atoms with Crippen LogP contribution in [0.5, 0.6) is 28.7 Å². The molecule has 2 rings (SSSR count). The Labute approximate surface area is 197 Å². The molecule has 0 saturated heterocycles. The fourth-order valence-corrected chi connectivity index (χ4v) is 3.07. The molecule has 0 bridgehead atoms. The molecular formula is C23H28N2O9. The average molecular weight is 476 g/mol. The van der Waals surface area contributed by atoms with Gasteiger partial charge in [0.2, 0.25) is 5.75 Å². The van der Waals surface area contributed by atoms with Gasteiger partial charge in [0, 0.05) is 18.2 Å². The lowest BCUT2D eigenvalue weighted by Gasteiger charge is -2.23. The maximum absolute atomic E-state index is 13.5. The summed E-state index contributed by atoms with van der Waals surface area (Å²) in [4.78, 5) is 37.9. The number of hydrogen-bond acceptors (Lipinski definition) is 9. The van der Waals surface area contributed by atoms with Crippen LogP contribution in [0.1, 0.15) is 15.9 Å². The first-order valence-electron chi connectivity index (χ1n) is 10.0. The van der Waals surface area contributed by atoms with Crippen LogP contribution in [-0.2, 0) is 20.9 Å². The topological polar surface area (TPSA) is 136 Å². The summed E-state index contributed by atoms with van der Waals surface area (Å²) in [6.45, 7) is -0.683. The number of carbonyl (C=O) groups excluding carboxylic acids is 3. The minimum Gasteiger partial charge on any atom is -0.497 e. The second-order valence-corrected chi connectivity index (χ2v) is 6.92. The predicted molar refractivity (Wildman–Crippen MR) is 121 cm³/mol. The van der Waals surface area contributed by atoms with Crippen LogP contribution >= 0.6 is 0 Å². The fraction of sp³-hybridized carbons (Fsp3) is 0.348. The highest BCUT2D eigenvalue weighted by Crippen LogP contribution is 2.39. The van der Waals surface area contributed by atoms with Gasteiger partial charge in [-0.3, -0.25) is 14.4 Å². The first kappa shape index (κ1) is 26.1. The molecule has 0 aromatic heterocycles. The zero-order chi connectivity index (χ0) is 25.3. The van der Waals surface area contributed by atoms with Crippen LogP contribution in [0.4, 0.5) is 0 Å². The van der Waals surface area contributed by atoms with Crippen LogP contribution < -0.4 is 29.4 Å². The van der Waals surface area contributed by atoms with Crippen molar-refractivity contribution in [1.29, 1.82) is 0 Å². The Morgan fingerprint density at radius 3 is 1.82 bits per heavy atom. The largest absolute Gasteiger partial charge is 0.497 e. The van der Waals surface area contributed by atoms with Gasteiger partial charge in [-0.25, -0.2) is 0 Å². The number of nitrogens with zero attached hydrogens (tertiary/aromatic N) is 1. The molecule has 0 aliphatic rings. The van der Waals surface area contributed by atoms with Crippen molar-refractivity contribution in [2.45, 2.75) is 6.54 Å². The van der Waals surface area contributed by atoms with Gasteiger partial charge in [-0.05, 0) is 29.8 Å². The first-order chi connectivity index (χ1) is 16.3. The van der Waals surface area contributed by atoms with Gasteiger partial charge in [0.05, 0.1) is 35.5 Å². The lowest BCUT2D eigenvalue weighted by molar-refractivity contribution is -0.141. The van der Waals surface area contributed by atoms with Crippen LogP contribution in [0.15, 0.2) is 30.3 Å². The molecule has 0 aliphatic carbocycles. The highest BCUT2D eigenvalue weighted by molar-refractivity contribution is 5.97. The molecular weight excluding hydrogens is 448 g/mol. The first-order valence-corrected chi connectivity index (χ1v) is 10.0. The summed E-state index contributed by atoms with van der Waals surface area (Å²) < 4.78 is 31.4. The van der Waals surface area contributed by atoms with Crippen LogP contribution in [0, 0.1) is 0 Å². The molecule has 2 aromatic carbocycles. The monoisotopic (exact) mass is 476 g/mol. The molecule has 11 nitrogen and oxygen atoms in total. The predicted octanol–water partition coefficient (Wildman–Crippen LogP) is 1.40. The van der Waals surface area contributed by atoms with Crippen molar-refractivity contribution in [3.63, 3.8) is 0 Å². The Hall–Kier alpha value is -4.15. The molecule has 2 amide bonds. The third-order valence-corrected chi connectivity index (χ3v) is 4.69. The van der Waals surface area contributed by atoms with Gasteiger partial charge in [-0.15, -0.1) is 0 Å². The quantitative estimate of drug-likeness (QED) is 0.451. The number of methoxy groups -OCH3 is 5. The van der Waals surface area contributed by atoms with Crippen LogP contribution in [0.3, 0.4) is 0 Å². The molecule has 0 unspecified atom stereocenters. The molecule has 2 aromatic rings. The van der Waals surface area contributed by atoms with Gasteiger partial charge in [0.1, 0.15) is 18.0 Å². The second-order valence-electron chi connectivity index (χ2n) is 6.92. The molecule has 0 spiro atoms. The number of carbonyl (C=O) groups is 3. The van der Waals surface area contributed by atoms with Gasteiger partial charge in [0.15, 0.2) is 18.1 Å². The molecule has 184 valence electrons. The number of benzene rings is 2. The zero-order valence-corrected chi connectivity index (χ0v) is 19.7. The molecule has 0 fully saturated rings. The number of primary amides is 1. The van der Waals surface area contributed by atoms with Crippen LogP contribution in [0.25, 0.3) is 0 Å². The Kier molecular flexibility index (Phi) is 9.36. The van der Waals surface area contributed by atoms with Crippen molar-refractivity contribution in [3.05, 3.63) is 41.5 Å². The summed E-state index contributed by atoms with van der Waals surface area (Å²) in [5, 5.41) is 0. The highest BCUT2D eigenvalue weighted by atomic mass is 16.5. The standard InChI is InChI=1S/C23H28N2O9/c1-29-16-6-14(7-17(10-16)30-2)11-25(12-21(27)33-5)23(28)15-8-18(31-3)22(19(9-15)32-4)34-13-20(24)26/h6-10H,11-13H2,1-5H3,(H2,24,26). The minimum absolute atomic E-state index is 0.0477. The number of rotatable bonds is 12. The maximum Gasteiger partial charge on any atom is 0.325 e. The van der Waals surface area contributed by atoms with Crippen molar-refractivity contribution in [1.82, 2.24) is 4.90 Å². The van der Waals surface area contributed by atoms with Gasteiger partial charge in [-0.2, -0.15) is 0 Å². The highest BCUT2D eigenvalue weighted by Gasteiger charge is 2.24. The van der Waals surface area contributed by atoms with E-state index in [1.165, 1.54) is 52.6 Å². The zero-order valence-electron chi connectivity index (χ0n) is 19.7. The number of esters is 1. The van der Waals surface area contributed by atoms with Gasteiger partial charge in [-0.1, -0.05) is 0 Å². The van der Waals surface area contributed by atoms with E-state index in [2.05, 4.69) is 0 Å². The molecule has 11 heteroatoms. The molecule has 0 radical (unpaired) electrons. The minimum atomic E-state index is -0.692. The lowest BCUT2D eigenvalue weighted by Crippen LogP contribution is -2.35. The summed E-state index contributed by atoms with van der Waals surface area (Å²) in [5.74, 6) is -0.360. The summed E-state index contributed by atoms with van der Waals surface area (Å²) in [5.41, 5.74) is 5.96. The second kappa shape index (κ2) is 12.2. The van der Waals surface area contributed by atoms with Gasteiger partial charge >= 0.3 is 5.97 Å². The maximum atomic E-state index is 13.5. The Bertz CT molecular complexity index is 992. The smallest absolute Gasteiger partial charge is 0.325 e. The molecule has 0 heterocycles. The van der Waals surface area contributed by atoms with E-state index in [1.807, 2.05) is 0 Å². The van der Waals surface area contributed by atoms with Crippen molar-refractivity contribution in [2.24, 2.45) is 5.73 Å². The Balaban J connectivity index is 2.47. The summed E-state index contributed by atoms with van der Waals surface area (Å²) in [7, 11) is 6.99. The van der Waals surface area contributed by atoms with Crippen molar-refractivity contribution >= 4 is 17.8 Å². The number of hydrogen-bond donors (Lipinski definition) is 1. The van der Waals surface area contributed by atoms with Crippen LogP contribution in [-0.4, -0.2) is 71.4 Å². The number of amides is 2. The summed E-state index contributed by atoms with van der Waals surface area (Å²) in [6.07, 6.45) is 0. The van der Waals surface area contributed by atoms with Crippen molar-refractivity contribution in [2.75, 3.05) is 48.7 Å². The third-order valence-electron chi connectivity index (χ3n) is 4.69. The van der Waals surface area contributed by atoms with Crippen LogP contribution in [0.2, 0.25) is 0 Å². The van der Waals surface area contributed by atoms with Crippen molar-refractivity contribution < 1.29 is 42.8 Å². The number of ether oxygens (including phenoxy) is 6. The molecule has 34 heavy (non-hydrogen) atoms. The molecule has 0 atom stereocenters. The number of nitrogens with two attached hydrogens (primary N) is 1. The molecule has 0 saturated carbocycles. The van der Waals surface area contributed by atoms with E-state index in [1.54, 1.807) is 18.2 Å². The van der Waals surface area contributed by atoms with Gasteiger partial charge < -0.3 is 39.1 Å². The van der Waals surface area contributed by atoms with E-state index in [4.69, 9.17) is 34.2 Å².